The molecule has 1 saturated heterocycles. The van der Waals surface area contributed by atoms with Crippen LogP contribution in [0.2, 0.25) is 0 Å². The number of fused-ring (bicyclic) bond motifs is 1. The van der Waals surface area contributed by atoms with Crippen molar-refractivity contribution in [1.29, 1.82) is 0 Å². The lowest BCUT2D eigenvalue weighted by Crippen LogP contribution is -2.55. The predicted molar refractivity (Wildman–Crippen MR) is 86.5 cm³/mol. The summed E-state index contributed by atoms with van der Waals surface area (Å²) in [6.45, 7) is 4.02. The molecule has 0 aromatic rings. The molecule has 4 saturated carbocycles. The average molecular weight is 313 g/mol. The van der Waals surface area contributed by atoms with Gasteiger partial charge in [0.15, 0.2) is 0 Å². The molecular formula is C17H29ClN2O. The molecule has 0 aromatic carbocycles. The first kappa shape index (κ1) is 15.6. The third-order valence-electron chi connectivity index (χ3n) is 6.60. The minimum absolute atomic E-state index is 0. The molecule has 5 aliphatic rings. The molecule has 5 fully saturated rings. The van der Waals surface area contributed by atoms with Gasteiger partial charge in [0.2, 0.25) is 5.91 Å². The summed E-state index contributed by atoms with van der Waals surface area (Å²) in [4.78, 5) is 17.8. The number of halogens is 1. The molecule has 4 heteroatoms. The van der Waals surface area contributed by atoms with E-state index in [9.17, 15) is 4.79 Å². The summed E-state index contributed by atoms with van der Waals surface area (Å²) in [5.41, 5.74) is 0.0584. The van der Waals surface area contributed by atoms with Gasteiger partial charge in [0.25, 0.3) is 0 Å². The summed E-state index contributed by atoms with van der Waals surface area (Å²) in [5.74, 6) is 3.12. The second-order valence-electron chi connectivity index (χ2n) is 8.14. The Kier molecular flexibility index (Phi) is 4.26. The van der Waals surface area contributed by atoms with Crippen molar-refractivity contribution in [3.8, 4) is 0 Å². The van der Waals surface area contributed by atoms with Gasteiger partial charge in [0, 0.05) is 26.2 Å². The third-order valence-corrected chi connectivity index (χ3v) is 6.60. The van der Waals surface area contributed by atoms with Gasteiger partial charge in [-0.15, -0.1) is 12.4 Å². The van der Waals surface area contributed by atoms with E-state index in [0.29, 0.717) is 5.91 Å². The largest absolute Gasteiger partial charge is 0.340 e. The Hall–Kier alpha value is -0.280. The van der Waals surface area contributed by atoms with E-state index >= 15 is 0 Å². The molecule has 2 unspecified atom stereocenters. The van der Waals surface area contributed by atoms with Crippen LogP contribution in [0.4, 0.5) is 0 Å². The Morgan fingerprint density at radius 3 is 2.00 bits per heavy atom. The SMILES string of the molecule is CN1CCN(C(=O)C23CC4CCC(CC(C4)C2)C3)CC1.Cl. The molecule has 1 amide bonds. The van der Waals surface area contributed by atoms with Crippen molar-refractivity contribution in [2.45, 2.75) is 44.9 Å². The van der Waals surface area contributed by atoms with Crippen LogP contribution in [-0.4, -0.2) is 48.9 Å². The van der Waals surface area contributed by atoms with Crippen molar-refractivity contribution in [2.75, 3.05) is 33.2 Å². The number of piperazine rings is 1. The van der Waals surface area contributed by atoms with E-state index in [1.54, 1.807) is 0 Å². The van der Waals surface area contributed by atoms with Crippen LogP contribution >= 0.6 is 12.4 Å². The second kappa shape index (κ2) is 5.73. The fourth-order valence-corrected chi connectivity index (χ4v) is 5.80. The molecule has 1 aliphatic heterocycles. The van der Waals surface area contributed by atoms with Crippen LogP contribution in [0.5, 0.6) is 0 Å². The van der Waals surface area contributed by atoms with E-state index in [1.165, 1.54) is 44.9 Å². The van der Waals surface area contributed by atoms with Crippen molar-refractivity contribution >= 4 is 18.3 Å². The Morgan fingerprint density at radius 1 is 0.905 bits per heavy atom. The van der Waals surface area contributed by atoms with Gasteiger partial charge in [-0.2, -0.15) is 0 Å². The molecular weight excluding hydrogens is 284 g/mol. The molecule has 4 aliphatic carbocycles. The van der Waals surface area contributed by atoms with E-state index in [1.807, 2.05) is 0 Å². The molecule has 0 radical (unpaired) electrons. The highest BCUT2D eigenvalue weighted by atomic mass is 35.5. The Morgan fingerprint density at radius 2 is 1.43 bits per heavy atom. The molecule has 0 spiro atoms. The smallest absolute Gasteiger partial charge is 0.228 e. The van der Waals surface area contributed by atoms with Crippen LogP contribution in [0.3, 0.4) is 0 Å². The summed E-state index contributed by atoms with van der Waals surface area (Å²) in [5, 5.41) is 0. The van der Waals surface area contributed by atoms with Crippen LogP contribution < -0.4 is 0 Å². The minimum atomic E-state index is 0. The number of rotatable bonds is 1. The lowest BCUT2D eigenvalue weighted by atomic mass is 9.58. The van der Waals surface area contributed by atoms with Gasteiger partial charge in [-0.25, -0.2) is 0 Å². The average Bonchev–Trinajstić information content (AvgIpc) is 2.65. The first-order valence-electron chi connectivity index (χ1n) is 8.62. The predicted octanol–water partition coefficient (Wildman–Crippen LogP) is 2.79. The van der Waals surface area contributed by atoms with E-state index < -0.39 is 0 Å². The van der Waals surface area contributed by atoms with E-state index in [0.717, 1.165) is 43.9 Å². The number of carbonyl (C=O) groups is 1. The number of hydrogen-bond donors (Lipinski definition) is 0. The van der Waals surface area contributed by atoms with Crippen molar-refractivity contribution in [1.82, 2.24) is 9.80 Å². The second-order valence-corrected chi connectivity index (χ2v) is 8.14. The number of amides is 1. The van der Waals surface area contributed by atoms with Gasteiger partial charge in [0.1, 0.15) is 0 Å². The van der Waals surface area contributed by atoms with Crippen LogP contribution in [0.15, 0.2) is 0 Å². The highest BCUT2D eigenvalue weighted by Crippen LogP contribution is 2.58. The first-order valence-corrected chi connectivity index (χ1v) is 8.62. The minimum Gasteiger partial charge on any atom is -0.340 e. The quantitative estimate of drug-likeness (QED) is 0.743. The zero-order valence-electron chi connectivity index (χ0n) is 13.2. The maximum absolute atomic E-state index is 13.2. The molecule has 3 nitrogen and oxygen atoms in total. The third kappa shape index (κ3) is 2.72. The maximum atomic E-state index is 13.2. The Bertz CT molecular complexity index is 390. The summed E-state index contributed by atoms with van der Waals surface area (Å²) >= 11 is 0. The molecule has 5 rings (SSSR count). The molecule has 1 heterocycles. The normalized spacial score (nSPS) is 42.5. The fourth-order valence-electron chi connectivity index (χ4n) is 5.80. The summed E-state index contributed by atoms with van der Waals surface area (Å²) < 4.78 is 0. The van der Waals surface area contributed by atoms with Crippen LogP contribution in [0.1, 0.15) is 44.9 Å². The zero-order valence-corrected chi connectivity index (χ0v) is 14.0. The lowest BCUT2D eigenvalue weighted by Gasteiger charge is -2.49. The fraction of sp³-hybridized carbons (Fsp3) is 0.941. The molecule has 4 bridgehead atoms. The van der Waals surface area contributed by atoms with Crippen LogP contribution in [0, 0.1) is 23.2 Å². The Balaban J connectivity index is 0.00000132. The summed E-state index contributed by atoms with van der Waals surface area (Å²) in [7, 11) is 2.16. The molecule has 120 valence electrons. The number of likely N-dealkylation sites (N-methyl/N-ethyl adjacent to an activating group) is 1. The van der Waals surface area contributed by atoms with Crippen molar-refractivity contribution in [2.24, 2.45) is 23.2 Å². The molecule has 2 atom stereocenters. The summed E-state index contributed by atoms with van der Waals surface area (Å²) in [6, 6.07) is 0. The number of nitrogens with zero attached hydrogens (tertiary/aromatic N) is 2. The maximum Gasteiger partial charge on any atom is 0.228 e. The van der Waals surface area contributed by atoms with Crippen molar-refractivity contribution in [3.63, 3.8) is 0 Å². The molecule has 0 N–H and O–H groups in total. The van der Waals surface area contributed by atoms with E-state index in [4.69, 9.17) is 0 Å². The molecule has 21 heavy (non-hydrogen) atoms. The number of carbonyl (C=O) groups excluding carboxylic acids is 1. The van der Waals surface area contributed by atoms with Crippen molar-refractivity contribution < 1.29 is 4.79 Å². The summed E-state index contributed by atoms with van der Waals surface area (Å²) in [6.07, 6.45) is 9.29. The monoisotopic (exact) mass is 312 g/mol. The van der Waals surface area contributed by atoms with Gasteiger partial charge in [0.05, 0.1) is 5.41 Å². The van der Waals surface area contributed by atoms with Crippen LogP contribution in [-0.2, 0) is 4.79 Å². The van der Waals surface area contributed by atoms with Crippen molar-refractivity contribution in [3.05, 3.63) is 0 Å². The van der Waals surface area contributed by atoms with E-state index in [-0.39, 0.29) is 17.8 Å². The van der Waals surface area contributed by atoms with Gasteiger partial charge in [-0.1, -0.05) is 12.8 Å². The highest BCUT2D eigenvalue weighted by molar-refractivity contribution is 5.85. The highest BCUT2D eigenvalue weighted by Gasteiger charge is 2.53. The van der Waals surface area contributed by atoms with E-state index in [2.05, 4.69) is 16.8 Å². The van der Waals surface area contributed by atoms with Gasteiger partial charge in [-0.3, -0.25) is 4.79 Å². The zero-order chi connectivity index (χ0) is 13.7. The van der Waals surface area contributed by atoms with Gasteiger partial charge < -0.3 is 9.80 Å². The Labute approximate surface area is 134 Å². The first-order chi connectivity index (χ1) is 9.64. The van der Waals surface area contributed by atoms with Crippen LogP contribution in [0.25, 0.3) is 0 Å². The standard InChI is InChI=1S/C17H28N2O.ClH/c1-18-4-6-19(7-5-18)16(20)17-10-13-2-3-14(11-17)9-15(8-13)12-17;/h13-15H,2-12H2,1H3;1H. The molecule has 0 aromatic heterocycles. The van der Waals surface area contributed by atoms with Gasteiger partial charge >= 0.3 is 0 Å². The van der Waals surface area contributed by atoms with Gasteiger partial charge in [-0.05, 0) is 56.9 Å². The topological polar surface area (TPSA) is 23.6 Å². The lowest BCUT2D eigenvalue weighted by molar-refractivity contribution is -0.151. The number of hydrogen-bond acceptors (Lipinski definition) is 2.